The van der Waals surface area contributed by atoms with Gasteiger partial charge in [-0.3, -0.25) is 4.90 Å². The number of alkyl halides is 3. The third kappa shape index (κ3) is 3.30. The molecule has 1 aliphatic rings. The van der Waals surface area contributed by atoms with Crippen LogP contribution in [0.5, 0.6) is 0 Å². The molecule has 0 radical (unpaired) electrons. The quantitative estimate of drug-likeness (QED) is 0.733. The topological polar surface area (TPSA) is 3.24 Å². The Labute approximate surface area is 129 Å². The second-order valence-corrected chi connectivity index (χ2v) is 6.17. The minimum atomic E-state index is -4.28. The van der Waals surface area contributed by atoms with Crippen molar-refractivity contribution in [1.29, 1.82) is 0 Å². The first kappa shape index (κ1) is 14.6. The molecule has 0 atom stereocenters. The van der Waals surface area contributed by atoms with E-state index in [1.807, 2.05) is 6.07 Å². The van der Waals surface area contributed by atoms with Crippen molar-refractivity contribution in [3.8, 4) is 0 Å². The van der Waals surface area contributed by atoms with Gasteiger partial charge in [0, 0.05) is 24.1 Å². The molecule has 0 aliphatic carbocycles. The van der Waals surface area contributed by atoms with E-state index in [2.05, 4.69) is 33.0 Å². The van der Waals surface area contributed by atoms with Gasteiger partial charge in [-0.05, 0) is 34.9 Å². The van der Waals surface area contributed by atoms with E-state index in [0.717, 1.165) is 23.6 Å². The number of halogens is 4. The first-order valence-electron chi connectivity index (χ1n) is 6.57. The molecule has 0 amide bonds. The van der Waals surface area contributed by atoms with Crippen molar-refractivity contribution in [2.75, 3.05) is 0 Å². The van der Waals surface area contributed by atoms with Crippen LogP contribution < -0.4 is 0 Å². The van der Waals surface area contributed by atoms with Gasteiger partial charge < -0.3 is 0 Å². The van der Waals surface area contributed by atoms with Crippen LogP contribution in [0.4, 0.5) is 13.2 Å². The van der Waals surface area contributed by atoms with Crippen LogP contribution in [-0.2, 0) is 25.8 Å². The lowest BCUT2D eigenvalue weighted by Crippen LogP contribution is -2.16. The minimum Gasteiger partial charge on any atom is -0.291 e. The molecule has 0 saturated heterocycles. The van der Waals surface area contributed by atoms with Crippen molar-refractivity contribution in [3.63, 3.8) is 0 Å². The first-order valence-corrected chi connectivity index (χ1v) is 7.37. The minimum absolute atomic E-state index is 0.524. The summed E-state index contributed by atoms with van der Waals surface area (Å²) in [6, 6.07) is 11.7. The third-order valence-corrected chi connectivity index (χ3v) is 4.11. The van der Waals surface area contributed by atoms with E-state index in [1.54, 1.807) is 6.07 Å². The fourth-order valence-electron chi connectivity index (χ4n) is 2.65. The average Bonchev–Trinajstić information content (AvgIpc) is 2.79. The second-order valence-electron chi connectivity index (χ2n) is 5.26. The van der Waals surface area contributed by atoms with Crippen molar-refractivity contribution < 1.29 is 13.2 Å². The molecule has 1 aliphatic heterocycles. The molecular formula is C16H13BrF3N. The molecule has 2 aromatic carbocycles. The van der Waals surface area contributed by atoms with E-state index in [4.69, 9.17) is 0 Å². The van der Waals surface area contributed by atoms with Crippen LogP contribution in [0.2, 0.25) is 0 Å². The van der Waals surface area contributed by atoms with Crippen LogP contribution in [0.15, 0.2) is 46.9 Å². The first-order chi connectivity index (χ1) is 9.91. The summed E-state index contributed by atoms with van der Waals surface area (Å²) in [4.78, 5) is 2.15. The molecule has 1 heterocycles. The van der Waals surface area contributed by atoms with Crippen molar-refractivity contribution in [3.05, 3.63) is 69.2 Å². The van der Waals surface area contributed by atoms with Gasteiger partial charge in [0.1, 0.15) is 0 Å². The van der Waals surface area contributed by atoms with E-state index in [9.17, 15) is 13.2 Å². The van der Waals surface area contributed by atoms with E-state index in [0.29, 0.717) is 12.1 Å². The maximum atomic E-state index is 12.7. The highest BCUT2D eigenvalue weighted by atomic mass is 79.9. The predicted octanol–water partition coefficient (Wildman–Crippen LogP) is 4.98. The monoisotopic (exact) mass is 355 g/mol. The standard InChI is InChI=1S/C16H13BrF3N/c17-15-5-4-12-9-21(10-13(12)7-15)8-11-2-1-3-14(6-11)16(18,19)20/h1-7H,8-10H2. The maximum Gasteiger partial charge on any atom is 0.416 e. The highest BCUT2D eigenvalue weighted by molar-refractivity contribution is 9.10. The SMILES string of the molecule is FC(F)(F)c1cccc(CN2Cc3ccc(Br)cc3C2)c1. The Morgan fingerprint density at radius 1 is 1.00 bits per heavy atom. The Morgan fingerprint density at radius 3 is 2.52 bits per heavy atom. The molecule has 0 aromatic heterocycles. The largest absolute Gasteiger partial charge is 0.416 e. The molecule has 3 rings (SSSR count). The smallest absolute Gasteiger partial charge is 0.291 e. The summed E-state index contributed by atoms with van der Waals surface area (Å²) in [5, 5.41) is 0. The normalized spacial score (nSPS) is 15.2. The van der Waals surface area contributed by atoms with Gasteiger partial charge in [0.2, 0.25) is 0 Å². The Bertz CT molecular complexity index is 667. The van der Waals surface area contributed by atoms with Crippen LogP contribution in [0.3, 0.4) is 0 Å². The number of hydrogen-bond donors (Lipinski definition) is 0. The average molecular weight is 356 g/mol. The number of fused-ring (bicyclic) bond motifs is 1. The lowest BCUT2D eigenvalue weighted by Gasteiger charge is -2.16. The molecule has 0 saturated carbocycles. The maximum absolute atomic E-state index is 12.7. The van der Waals surface area contributed by atoms with Gasteiger partial charge in [-0.1, -0.05) is 40.2 Å². The number of rotatable bonds is 2. The number of hydrogen-bond acceptors (Lipinski definition) is 1. The molecule has 0 fully saturated rings. The van der Waals surface area contributed by atoms with Crippen molar-refractivity contribution in [2.45, 2.75) is 25.8 Å². The molecule has 0 spiro atoms. The van der Waals surface area contributed by atoms with E-state index < -0.39 is 11.7 Å². The van der Waals surface area contributed by atoms with Crippen LogP contribution >= 0.6 is 15.9 Å². The molecule has 110 valence electrons. The number of nitrogens with zero attached hydrogens (tertiary/aromatic N) is 1. The lowest BCUT2D eigenvalue weighted by atomic mass is 10.1. The predicted molar refractivity (Wildman–Crippen MR) is 78.5 cm³/mol. The summed E-state index contributed by atoms with van der Waals surface area (Å²) in [7, 11) is 0. The molecule has 0 N–H and O–H groups in total. The second kappa shape index (κ2) is 5.46. The van der Waals surface area contributed by atoms with Crippen LogP contribution in [0.1, 0.15) is 22.3 Å². The fraction of sp³-hybridized carbons (Fsp3) is 0.250. The van der Waals surface area contributed by atoms with Crippen molar-refractivity contribution >= 4 is 15.9 Å². The van der Waals surface area contributed by atoms with Gasteiger partial charge in [0.15, 0.2) is 0 Å². The highest BCUT2D eigenvalue weighted by Gasteiger charge is 2.30. The van der Waals surface area contributed by atoms with Crippen molar-refractivity contribution in [1.82, 2.24) is 4.90 Å². The highest BCUT2D eigenvalue weighted by Crippen LogP contribution is 2.31. The Morgan fingerprint density at radius 2 is 1.76 bits per heavy atom. The molecule has 21 heavy (non-hydrogen) atoms. The van der Waals surface area contributed by atoms with E-state index >= 15 is 0 Å². The van der Waals surface area contributed by atoms with Gasteiger partial charge in [-0.25, -0.2) is 0 Å². The third-order valence-electron chi connectivity index (χ3n) is 3.62. The van der Waals surface area contributed by atoms with Gasteiger partial charge in [0.25, 0.3) is 0 Å². The molecule has 0 unspecified atom stereocenters. The Balaban J connectivity index is 1.75. The van der Waals surface area contributed by atoms with Crippen LogP contribution in [-0.4, -0.2) is 4.90 Å². The summed E-state index contributed by atoms with van der Waals surface area (Å²) in [5.41, 5.74) is 2.58. The van der Waals surface area contributed by atoms with Crippen LogP contribution in [0.25, 0.3) is 0 Å². The summed E-state index contributed by atoms with van der Waals surface area (Å²) < 4.78 is 39.2. The Hall–Kier alpha value is -1.33. The van der Waals surface area contributed by atoms with Crippen LogP contribution in [0, 0.1) is 0 Å². The zero-order valence-corrected chi connectivity index (χ0v) is 12.7. The van der Waals surface area contributed by atoms with Crippen molar-refractivity contribution in [2.24, 2.45) is 0 Å². The molecule has 2 aromatic rings. The molecule has 0 bridgehead atoms. The number of benzene rings is 2. The molecule has 1 nitrogen and oxygen atoms in total. The van der Waals surface area contributed by atoms with Gasteiger partial charge in [-0.2, -0.15) is 13.2 Å². The van der Waals surface area contributed by atoms with Gasteiger partial charge >= 0.3 is 6.18 Å². The summed E-state index contributed by atoms with van der Waals surface area (Å²) in [6.07, 6.45) is -4.28. The lowest BCUT2D eigenvalue weighted by molar-refractivity contribution is -0.137. The van der Waals surface area contributed by atoms with E-state index in [1.165, 1.54) is 23.3 Å². The zero-order chi connectivity index (χ0) is 15.0. The molecule has 5 heteroatoms. The summed E-state index contributed by atoms with van der Waals surface area (Å²) in [6.45, 7) is 2.07. The fourth-order valence-corrected chi connectivity index (χ4v) is 3.06. The van der Waals surface area contributed by atoms with E-state index in [-0.39, 0.29) is 0 Å². The molecular weight excluding hydrogens is 343 g/mol. The van der Waals surface area contributed by atoms with Gasteiger partial charge in [-0.15, -0.1) is 0 Å². The summed E-state index contributed by atoms with van der Waals surface area (Å²) >= 11 is 3.44. The van der Waals surface area contributed by atoms with Gasteiger partial charge in [0.05, 0.1) is 5.56 Å². The zero-order valence-electron chi connectivity index (χ0n) is 11.1. The summed E-state index contributed by atoms with van der Waals surface area (Å²) in [5.74, 6) is 0. The Kier molecular flexibility index (Phi) is 3.80.